The number of nitrogens with one attached hydrogen (secondary N) is 10. The summed E-state index contributed by atoms with van der Waals surface area (Å²) in [6.45, 7) is 18.1. The summed E-state index contributed by atoms with van der Waals surface area (Å²) >= 11 is 5.77. The first kappa shape index (κ1) is 87.5. The number of cyclic esters (lactones) is 1. The molecule has 7 aromatic rings. The molecule has 4 aliphatic rings. The van der Waals surface area contributed by atoms with Crippen molar-refractivity contribution in [3.8, 4) is 0 Å². The summed E-state index contributed by atoms with van der Waals surface area (Å²) in [5.41, 5.74) is 0.878. The average molecular weight is 1720 g/mol. The van der Waals surface area contributed by atoms with E-state index in [-0.39, 0.29) is 100 Å². The molecule has 35 nitrogen and oxygen atoms in total. The molecule has 13 bridgehead atoms. The highest BCUT2D eigenvalue weighted by Gasteiger charge is 2.51. The van der Waals surface area contributed by atoms with Crippen molar-refractivity contribution in [1.29, 1.82) is 0 Å². The van der Waals surface area contributed by atoms with Crippen LogP contribution in [0.3, 0.4) is 0 Å². The molecule has 0 fully saturated rings. The number of primary amides is 1. The fourth-order valence-corrected chi connectivity index (χ4v) is 18.6. The van der Waals surface area contributed by atoms with Gasteiger partial charge in [0.1, 0.15) is 119 Å². The minimum absolute atomic E-state index is 0.0235. The molecular weight excluding hydrogens is 1630 g/mol. The molecule has 0 radical (unpaired) electrons. The third-order valence-corrected chi connectivity index (χ3v) is 25.9. The zero-order valence-electron chi connectivity index (χ0n) is 64.8. The zero-order chi connectivity index (χ0) is 84.8. The normalized spacial score (nSPS) is 25.6. The Morgan fingerprint density at radius 3 is 2.11 bits per heavy atom. The van der Waals surface area contributed by atoms with Crippen LogP contribution < -0.4 is 58.9 Å². The Bertz CT molecular complexity index is 5090. The lowest BCUT2D eigenvalue weighted by atomic mass is 9.80. The van der Waals surface area contributed by atoms with E-state index in [1.54, 1.807) is 26.0 Å². The molecule has 1 unspecified atom stereocenters. The van der Waals surface area contributed by atoms with Gasteiger partial charge in [-0.25, -0.2) is 34.7 Å². The summed E-state index contributed by atoms with van der Waals surface area (Å²) < 4.78 is 6.29. The van der Waals surface area contributed by atoms with Crippen molar-refractivity contribution in [3.05, 3.63) is 169 Å². The van der Waals surface area contributed by atoms with Crippen LogP contribution in [0.4, 0.5) is 0 Å². The Hall–Kier alpha value is -10.3. The van der Waals surface area contributed by atoms with Gasteiger partial charge in [-0.3, -0.25) is 58.3 Å². The minimum Gasteiger partial charge on any atom is -0.455 e. The molecular formula is C76H88N18O17S6. The van der Waals surface area contributed by atoms with Gasteiger partial charge in [0.05, 0.1) is 58.9 Å². The number of nitrogens with zero attached hydrogens (tertiary/aromatic N) is 7. The number of thiazole rings is 5. The number of aliphatic hydroxyl groups is 5. The van der Waals surface area contributed by atoms with Gasteiger partial charge in [0.15, 0.2) is 0 Å². The first-order valence-electron chi connectivity index (χ1n) is 37.0. The molecule has 41 heteroatoms. The number of fused-ring (bicyclic) bond motifs is 8. The quantitative estimate of drug-likeness (QED) is 0.0546. The number of aliphatic imine (C=N–C) groups is 1. The van der Waals surface area contributed by atoms with E-state index < -0.39 is 178 Å². The highest BCUT2D eigenvalue weighted by molar-refractivity contribution is 7.98. The maximum absolute atomic E-state index is 15.5. The van der Waals surface area contributed by atoms with Gasteiger partial charge in [-0.1, -0.05) is 75.4 Å². The van der Waals surface area contributed by atoms with Gasteiger partial charge in [-0.05, 0) is 91.3 Å². The standard InChI is InChI=1S/C76H88N18O17S6/c1-12-31(3)52-67(107)80-33(5)61(101)78-32(4)60(100)79-34(6)62(102)94-76-22-21-44(70-88-48(27-114-70)63(103)85-47(59(77)99)25-112-24-39-17-15-14-16-18-39)83-57(76)46-26-115-71(86-46)54(37(9)111-73(109)45-23-41(35(7)95)40-19-20-43(81-52)56(98)55(40)82-45)92-64(104)49-29-116-72(89-49)58(75(11,110)38(10)97)93-66(106)50-28-113-69(87-50)42(13-2)84-68(108)53(36(8)96)91-65(105)51-30-117-74(76)90-51/h13-20,23,26-31,33-38,43,47,52-54,56-58,81,95-98,110H,4,12,21-22,24-25H2,1-3,5-11H3,(H2,77,99)(H,78,101)(H,79,100)(H,80,107)(H,84,108)(H,85,103)(H,91,105)(H,92,104)(H,93,106)(H,94,102)/b42-13-/t31-,33-,34-,35-,36+,37+,38+,43+,47?,52-,53-,54-,56-,57+,58+,75+,76+/m0/s1. The maximum atomic E-state index is 15.5. The topological polar surface area (TPSA) is 534 Å². The smallest absolute Gasteiger partial charge is 0.357 e. The number of nitrogens with two attached hydrogens (primary N) is 1. The van der Waals surface area contributed by atoms with Crippen LogP contribution in [0.15, 0.2) is 92.7 Å². The van der Waals surface area contributed by atoms with Crippen LogP contribution in [0, 0.1) is 5.92 Å². The summed E-state index contributed by atoms with van der Waals surface area (Å²) in [6.07, 6.45) is -3.06. The van der Waals surface area contributed by atoms with Crippen molar-refractivity contribution in [2.45, 2.75) is 190 Å². The second kappa shape index (κ2) is 37.1. The highest BCUT2D eigenvalue weighted by atomic mass is 32.2. The van der Waals surface area contributed by atoms with Crippen LogP contribution in [0.25, 0.3) is 11.8 Å². The summed E-state index contributed by atoms with van der Waals surface area (Å²) in [5, 5.41) is 92.3. The Morgan fingerprint density at radius 2 is 1.42 bits per heavy atom. The molecule has 1 aliphatic carbocycles. The number of benzene rings is 1. The number of carbonyl (C=O) groups is 11. The molecule has 620 valence electrons. The van der Waals surface area contributed by atoms with E-state index in [0.29, 0.717) is 12.2 Å². The number of hydrogen-bond donors (Lipinski definition) is 16. The van der Waals surface area contributed by atoms with E-state index in [2.05, 4.69) is 74.7 Å². The van der Waals surface area contributed by atoms with E-state index in [0.717, 1.165) is 62.2 Å². The van der Waals surface area contributed by atoms with Crippen molar-refractivity contribution < 1.29 is 83.0 Å². The molecule has 9 heterocycles. The second-order valence-electron chi connectivity index (χ2n) is 28.7. The predicted octanol–water partition coefficient (Wildman–Crippen LogP) is 3.65. The van der Waals surface area contributed by atoms with Gasteiger partial charge in [0, 0.05) is 44.0 Å². The van der Waals surface area contributed by atoms with Gasteiger partial charge >= 0.3 is 5.97 Å². The predicted molar refractivity (Wildman–Crippen MR) is 436 cm³/mol. The average Bonchev–Trinajstić information content (AvgIpc) is 1.68. The van der Waals surface area contributed by atoms with Crippen LogP contribution in [-0.4, -0.2) is 192 Å². The van der Waals surface area contributed by atoms with Crippen LogP contribution in [0.1, 0.15) is 224 Å². The molecule has 0 spiro atoms. The second-order valence-corrected chi connectivity index (χ2v) is 34.1. The number of ether oxygens (including phenoxy) is 1. The summed E-state index contributed by atoms with van der Waals surface area (Å²) in [6, 6.07) is -2.00. The molecule has 17 atom stereocenters. The molecule has 11 rings (SSSR count). The number of aliphatic hydroxyl groups excluding tert-OH is 4. The lowest BCUT2D eigenvalue weighted by Crippen LogP contribution is -2.57. The number of allylic oxidation sites excluding steroid dienone is 1. The molecule has 0 saturated heterocycles. The van der Waals surface area contributed by atoms with Crippen molar-refractivity contribution in [2.24, 2.45) is 16.6 Å². The number of pyridine rings is 1. The monoisotopic (exact) mass is 1720 g/mol. The third-order valence-electron chi connectivity index (χ3n) is 20.2. The van der Waals surface area contributed by atoms with Gasteiger partial charge in [0.2, 0.25) is 29.5 Å². The first-order valence-corrected chi connectivity index (χ1v) is 42.6. The molecule has 0 saturated carbocycles. The Morgan fingerprint density at radius 1 is 0.752 bits per heavy atom. The fraction of sp³-hybridized carbons (Fsp3) is 0.421. The Kier molecular flexibility index (Phi) is 27.8. The molecule has 117 heavy (non-hydrogen) atoms. The number of aromatic nitrogens is 6. The first-order chi connectivity index (χ1) is 55.5. The van der Waals surface area contributed by atoms with Crippen molar-refractivity contribution in [2.75, 3.05) is 5.75 Å². The van der Waals surface area contributed by atoms with E-state index >= 15 is 14.4 Å². The number of amides is 10. The summed E-state index contributed by atoms with van der Waals surface area (Å²) in [7, 11) is 0. The van der Waals surface area contributed by atoms with Crippen LogP contribution in [0.2, 0.25) is 0 Å². The SMILES string of the molecule is C=C1NC(=O)[C@H](C)NC(=O)[C@H]([C@@H](C)CC)N[C@@H]2C=Cc3c([C@H](C)O)cc(nc3[C@H]2O)C(=O)O[C@H](C)[C@@H]2NC(=O)c3csc(n3)[C@H]([C@](C)(O)[C@@H](C)O)NC(=O)c3csc(n3)/C(=C/C)NC(=O)[C@H]([C@@H](C)O)NC(=O)c3csc(n3)[C@]3(CCC(c4nc(C(=O)NC(CSCc5ccccc5)C(N)=O)cs4)=N[C@@H]3c3csc2n3)NC(=O)[C@H](C)NC1=O. The van der Waals surface area contributed by atoms with E-state index in [1.165, 1.54) is 99.3 Å². The van der Waals surface area contributed by atoms with Gasteiger partial charge in [0.25, 0.3) is 29.5 Å². The van der Waals surface area contributed by atoms with Crippen LogP contribution in [-0.2, 0) is 44.8 Å². The molecule has 6 aromatic heterocycles. The van der Waals surface area contributed by atoms with Crippen LogP contribution >= 0.6 is 68.4 Å². The highest BCUT2D eigenvalue weighted by Crippen LogP contribution is 2.48. The third kappa shape index (κ3) is 19.6. The fourth-order valence-electron chi connectivity index (χ4n) is 12.9. The number of rotatable bonds is 14. The Labute approximate surface area is 694 Å². The van der Waals surface area contributed by atoms with E-state index in [9.17, 15) is 63.9 Å². The summed E-state index contributed by atoms with van der Waals surface area (Å²) in [4.78, 5) is 193. The number of carbonyl (C=O) groups excluding carboxylic acids is 11. The number of esters is 1. The van der Waals surface area contributed by atoms with E-state index in [1.807, 2.05) is 37.3 Å². The molecule has 1 aromatic carbocycles. The lowest BCUT2D eigenvalue weighted by molar-refractivity contribution is -0.131. The summed E-state index contributed by atoms with van der Waals surface area (Å²) in [5.74, 6) is -10.1. The Balaban J connectivity index is 1.09. The van der Waals surface area contributed by atoms with Crippen LogP contribution in [0.5, 0.6) is 0 Å². The van der Waals surface area contributed by atoms with Crippen molar-refractivity contribution in [3.63, 3.8) is 0 Å². The van der Waals surface area contributed by atoms with Gasteiger partial charge < -0.3 is 83.9 Å². The maximum Gasteiger partial charge on any atom is 0.357 e. The molecule has 10 amide bonds. The number of hydrogen-bond acceptors (Lipinski definition) is 31. The van der Waals surface area contributed by atoms with Gasteiger partial charge in [-0.15, -0.1) is 56.7 Å². The van der Waals surface area contributed by atoms with Crippen molar-refractivity contribution in [1.82, 2.24) is 83.1 Å². The molecule has 17 N–H and O–H groups in total. The molecule has 3 aliphatic heterocycles. The largest absolute Gasteiger partial charge is 0.455 e. The number of thioether (sulfide) groups is 1. The minimum atomic E-state index is -2.22. The van der Waals surface area contributed by atoms with Gasteiger partial charge in [-0.2, -0.15) is 11.8 Å². The van der Waals surface area contributed by atoms with Crippen molar-refractivity contribution >= 4 is 151 Å². The van der Waals surface area contributed by atoms with E-state index in [4.69, 9.17) is 30.4 Å². The lowest BCUT2D eigenvalue weighted by Gasteiger charge is -2.41. The zero-order valence-corrected chi connectivity index (χ0v) is 69.7.